The van der Waals surface area contributed by atoms with Gasteiger partial charge >= 0.3 is 0 Å². The van der Waals surface area contributed by atoms with Crippen molar-refractivity contribution in [1.29, 1.82) is 0 Å². The Bertz CT molecular complexity index is 530. The molecule has 0 radical (unpaired) electrons. The first-order valence-electron chi connectivity index (χ1n) is 8.20. The molecule has 1 N–H and O–H groups in total. The highest BCUT2D eigenvalue weighted by atomic mass is 16.5. The molecule has 1 aromatic carbocycles. The van der Waals surface area contributed by atoms with Gasteiger partial charge in [-0.25, -0.2) is 0 Å². The van der Waals surface area contributed by atoms with Gasteiger partial charge in [0.15, 0.2) is 0 Å². The van der Waals surface area contributed by atoms with Crippen molar-refractivity contribution < 1.29 is 14.3 Å². The van der Waals surface area contributed by atoms with Crippen molar-refractivity contribution in [1.82, 2.24) is 10.2 Å². The first-order valence-corrected chi connectivity index (χ1v) is 8.20. The van der Waals surface area contributed by atoms with Crippen LogP contribution in [0.3, 0.4) is 0 Å². The lowest BCUT2D eigenvalue weighted by Crippen LogP contribution is -2.49. The average molecular weight is 318 g/mol. The van der Waals surface area contributed by atoms with Crippen LogP contribution in [0.2, 0.25) is 0 Å². The maximum Gasteiger partial charge on any atom is 0.224 e. The van der Waals surface area contributed by atoms with Crippen LogP contribution in [0.15, 0.2) is 30.3 Å². The van der Waals surface area contributed by atoms with E-state index in [1.165, 1.54) is 6.92 Å². The van der Waals surface area contributed by atoms with Crippen LogP contribution in [0.25, 0.3) is 0 Å². The lowest BCUT2D eigenvalue weighted by atomic mass is 10.0. The van der Waals surface area contributed by atoms with Crippen LogP contribution in [0, 0.1) is 5.92 Å². The minimum Gasteiger partial charge on any atom is -0.366 e. The largest absolute Gasteiger partial charge is 0.366 e. The fraction of sp³-hybridized carbons (Fsp3) is 0.556. The van der Waals surface area contributed by atoms with E-state index in [2.05, 4.69) is 19.2 Å². The quantitative estimate of drug-likeness (QED) is 0.905. The SMILES string of the molecule is CC(=O)NCCC(=O)N1C[C@@H](c2ccccc2)O[C@@H](C(C)C)C1. The van der Waals surface area contributed by atoms with Crippen LogP contribution in [-0.2, 0) is 14.3 Å². The fourth-order valence-corrected chi connectivity index (χ4v) is 2.72. The second-order valence-electron chi connectivity index (χ2n) is 6.35. The number of benzene rings is 1. The predicted octanol–water partition coefficient (Wildman–Crippen LogP) is 2.14. The van der Waals surface area contributed by atoms with Crippen LogP contribution in [-0.4, -0.2) is 42.5 Å². The van der Waals surface area contributed by atoms with Gasteiger partial charge in [-0.1, -0.05) is 44.2 Å². The van der Waals surface area contributed by atoms with E-state index in [-0.39, 0.29) is 24.0 Å². The predicted molar refractivity (Wildman–Crippen MR) is 88.8 cm³/mol. The molecule has 1 aliphatic heterocycles. The maximum absolute atomic E-state index is 12.4. The molecule has 0 aliphatic carbocycles. The van der Waals surface area contributed by atoms with Crippen molar-refractivity contribution in [2.45, 2.75) is 39.4 Å². The number of rotatable bonds is 5. The average Bonchev–Trinajstić information content (AvgIpc) is 2.54. The van der Waals surface area contributed by atoms with Gasteiger partial charge in [-0.15, -0.1) is 0 Å². The number of hydrogen-bond donors (Lipinski definition) is 1. The summed E-state index contributed by atoms with van der Waals surface area (Å²) in [6.45, 7) is 7.23. The third kappa shape index (κ3) is 5.06. The van der Waals surface area contributed by atoms with Crippen LogP contribution in [0.4, 0.5) is 0 Å². The van der Waals surface area contributed by atoms with Gasteiger partial charge in [0.25, 0.3) is 0 Å². The van der Waals surface area contributed by atoms with Gasteiger partial charge in [-0.2, -0.15) is 0 Å². The van der Waals surface area contributed by atoms with Crippen molar-refractivity contribution in [3.05, 3.63) is 35.9 Å². The monoisotopic (exact) mass is 318 g/mol. The summed E-state index contributed by atoms with van der Waals surface area (Å²) in [6.07, 6.45) is 0.257. The van der Waals surface area contributed by atoms with Gasteiger partial charge in [0.2, 0.25) is 11.8 Å². The molecule has 0 saturated carbocycles. The number of ether oxygens (including phenoxy) is 1. The molecule has 23 heavy (non-hydrogen) atoms. The molecule has 5 heteroatoms. The summed E-state index contributed by atoms with van der Waals surface area (Å²) in [6, 6.07) is 10.0. The fourth-order valence-electron chi connectivity index (χ4n) is 2.72. The van der Waals surface area contributed by atoms with Crippen molar-refractivity contribution in [3.63, 3.8) is 0 Å². The van der Waals surface area contributed by atoms with Gasteiger partial charge in [0.1, 0.15) is 6.10 Å². The topological polar surface area (TPSA) is 58.6 Å². The zero-order valence-electron chi connectivity index (χ0n) is 14.1. The van der Waals surface area contributed by atoms with Gasteiger partial charge in [0.05, 0.1) is 12.6 Å². The molecule has 1 fully saturated rings. The number of carbonyl (C=O) groups is 2. The Morgan fingerprint density at radius 3 is 2.57 bits per heavy atom. The lowest BCUT2D eigenvalue weighted by molar-refractivity contribution is -0.150. The molecule has 2 rings (SSSR count). The summed E-state index contributed by atoms with van der Waals surface area (Å²) in [5.41, 5.74) is 1.09. The highest BCUT2D eigenvalue weighted by Gasteiger charge is 2.32. The number of morpholine rings is 1. The van der Waals surface area contributed by atoms with Gasteiger partial charge in [-0.3, -0.25) is 9.59 Å². The van der Waals surface area contributed by atoms with Crippen LogP contribution < -0.4 is 5.32 Å². The normalized spacial score (nSPS) is 21.3. The third-order valence-electron chi connectivity index (χ3n) is 4.11. The van der Waals surface area contributed by atoms with Crippen molar-refractivity contribution >= 4 is 11.8 Å². The molecular formula is C18H26N2O3. The standard InChI is InChI=1S/C18H26N2O3/c1-13(2)16-11-20(18(22)9-10-19-14(3)21)12-17(23-16)15-7-5-4-6-8-15/h4-8,13,16-17H,9-12H2,1-3H3,(H,19,21)/t16-,17+/m1/s1. The molecule has 1 aliphatic rings. The first-order chi connectivity index (χ1) is 11.0. The van der Waals surface area contributed by atoms with E-state index in [1.54, 1.807) is 0 Å². The summed E-state index contributed by atoms with van der Waals surface area (Å²) < 4.78 is 6.19. The number of amides is 2. The number of carbonyl (C=O) groups excluding carboxylic acids is 2. The molecule has 0 unspecified atom stereocenters. The highest BCUT2D eigenvalue weighted by molar-refractivity contribution is 5.78. The van der Waals surface area contributed by atoms with Crippen molar-refractivity contribution in [3.8, 4) is 0 Å². The molecule has 2 atom stereocenters. The molecule has 0 bridgehead atoms. The first kappa shape index (κ1) is 17.5. The zero-order chi connectivity index (χ0) is 16.8. The third-order valence-corrected chi connectivity index (χ3v) is 4.11. The van der Waals surface area contributed by atoms with E-state index >= 15 is 0 Å². The number of nitrogens with one attached hydrogen (secondary N) is 1. The zero-order valence-corrected chi connectivity index (χ0v) is 14.1. The van der Waals surface area contributed by atoms with E-state index in [4.69, 9.17) is 4.74 Å². The Labute approximate surface area is 138 Å². The van der Waals surface area contributed by atoms with Gasteiger partial charge < -0.3 is 15.0 Å². The second kappa shape index (κ2) is 8.11. The summed E-state index contributed by atoms with van der Waals surface area (Å²) in [4.78, 5) is 25.2. The maximum atomic E-state index is 12.4. The van der Waals surface area contributed by atoms with Crippen molar-refractivity contribution in [2.24, 2.45) is 5.92 Å². The van der Waals surface area contributed by atoms with Crippen LogP contribution >= 0.6 is 0 Å². The molecular weight excluding hydrogens is 292 g/mol. The second-order valence-corrected chi connectivity index (χ2v) is 6.35. The molecule has 1 heterocycles. The Kier molecular flexibility index (Phi) is 6.16. The summed E-state index contributed by atoms with van der Waals surface area (Å²) in [7, 11) is 0. The van der Waals surface area contributed by atoms with E-state index in [0.717, 1.165) is 5.56 Å². The summed E-state index contributed by atoms with van der Waals surface area (Å²) in [5.74, 6) is 0.294. The number of nitrogens with zero attached hydrogens (tertiary/aromatic N) is 1. The minimum atomic E-state index is -0.109. The molecule has 0 aromatic heterocycles. The lowest BCUT2D eigenvalue weighted by Gasteiger charge is -2.40. The van der Waals surface area contributed by atoms with Gasteiger partial charge in [-0.05, 0) is 11.5 Å². The van der Waals surface area contributed by atoms with E-state index in [9.17, 15) is 9.59 Å². The van der Waals surface area contributed by atoms with Crippen molar-refractivity contribution in [2.75, 3.05) is 19.6 Å². The minimum absolute atomic E-state index is 0.0265. The Balaban J connectivity index is 2.03. The number of hydrogen-bond acceptors (Lipinski definition) is 3. The molecule has 126 valence electrons. The Morgan fingerprint density at radius 1 is 1.26 bits per heavy atom. The molecule has 5 nitrogen and oxygen atoms in total. The van der Waals surface area contributed by atoms with E-state index in [1.807, 2.05) is 35.2 Å². The molecule has 1 saturated heterocycles. The van der Waals surface area contributed by atoms with Crippen LogP contribution in [0.5, 0.6) is 0 Å². The molecule has 1 aromatic rings. The smallest absolute Gasteiger partial charge is 0.224 e. The van der Waals surface area contributed by atoms with E-state index < -0.39 is 0 Å². The van der Waals surface area contributed by atoms with E-state index in [0.29, 0.717) is 32.0 Å². The highest BCUT2D eigenvalue weighted by Crippen LogP contribution is 2.28. The summed E-state index contributed by atoms with van der Waals surface area (Å²) in [5, 5.41) is 2.67. The Hall–Kier alpha value is -1.88. The molecule has 2 amide bonds. The van der Waals surface area contributed by atoms with Gasteiger partial charge in [0, 0.05) is 26.4 Å². The molecule has 0 spiro atoms. The van der Waals surface area contributed by atoms with Crippen LogP contribution in [0.1, 0.15) is 38.9 Å². The summed E-state index contributed by atoms with van der Waals surface area (Å²) >= 11 is 0. The Morgan fingerprint density at radius 2 is 1.96 bits per heavy atom.